The van der Waals surface area contributed by atoms with Gasteiger partial charge in [0.2, 0.25) is 0 Å². The molecule has 0 aromatic heterocycles. The van der Waals surface area contributed by atoms with Crippen LogP contribution in [-0.2, 0) is 0 Å². The molecule has 2 rings (SSSR count). The average Bonchev–Trinajstić information content (AvgIpc) is 2.47. The van der Waals surface area contributed by atoms with Gasteiger partial charge in [0.25, 0.3) is 0 Å². The second-order valence-corrected chi connectivity index (χ2v) is 5.32. The Hall–Kier alpha value is 0.260. The van der Waals surface area contributed by atoms with Crippen LogP contribution in [-0.4, -0.2) is 30.9 Å². The molecular weight excluding hydrogens is 305 g/mol. The zero-order valence-electron chi connectivity index (χ0n) is 8.61. The fourth-order valence-corrected chi connectivity index (χ4v) is 3.49. The normalized spacial score (nSPS) is 24.3. The van der Waals surface area contributed by atoms with Gasteiger partial charge >= 0.3 is 0 Å². The minimum Gasteiger partial charge on any atom is -1.00 e. The topological polar surface area (TPSA) is 0 Å². The largest absolute Gasteiger partial charge is 1.00 e. The summed E-state index contributed by atoms with van der Waals surface area (Å²) in [4.78, 5) is 0. The minimum atomic E-state index is 0. The van der Waals surface area contributed by atoms with Gasteiger partial charge in [0.05, 0.1) is 20.6 Å². The SMILES string of the molecule is C[N+]1(C)CCSC1c1ccccc1.[I-]. The van der Waals surface area contributed by atoms with Crippen LogP contribution >= 0.6 is 11.8 Å². The first-order valence-corrected chi connectivity index (χ1v) is 5.74. The molecule has 1 heterocycles. The van der Waals surface area contributed by atoms with Gasteiger partial charge in [-0.3, -0.25) is 0 Å². The highest BCUT2D eigenvalue weighted by Gasteiger charge is 2.35. The fourth-order valence-electron chi connectivity index (χ4n) is 1.84. The first-order valence-electron chi connectivity index (χ1n) is 4.69. The molecular formula is C11H16INS. The monoisotopic (exact) mass is 321 g/mol. The predicted octanol–water partition coefficient (Wildman–Crippen LogP) is -0.488. The van der Waals surface area contributed by atoms with E-state index in [-0.39, 0.29) is 24.0 Å². The number of benzene rings is 1. The molecule has 0 radical (unpaired) electrons. The van der Waals surface area contributed by atoms with Gasteiger partial charge in [-0.25, -0.2) is 0 Å². The average molecular weight is 321 g/mol. The first-order chi connectivity index (χ1) is 6.20. The summed E-state index contributed by atoms with van der Waals surface area (Å²) in [6.07, 6.45) is 0. The van der Waals surface area contributed by atoms with Crippen LogP contribution in [0.15, 0.2) is 30.3 Å². The van der Waals surface area contributed by atoms with Crippen molar-refractivity contribution in [3.05, 3.63) is 35.9 Å². The molecule has 1 nitrogen and oxygen atoms in total. The summed E-state index contributed by atoms with van der Waals surface area (Å²) in [6.45, 7) is 1.28. The fraction of sp³-hybridized carbons (Fsp3) is 0.455. The number of rotatable bonds is 1. The summed E-state index contributed by atoms with van der Waals surface area (Å²) in [5, 5.41) is 0.640. The molecule has 1 fully saturated rings. The van der Waals surface area contributed by atoms with Gasteiger partial charge in [-0.1, -0.05) is 42.1 Å². The van der Waals surface area contributed by atoms with Crippen molar-refractivity contribution in [2.75, 3.05) is 26.4 Å². The molecule has 14 heavy (non-hydrogen) atoms. The van der Waals surface area contributed by atoms with Gasteiger partial charge in [0.15, 0.2) is 5.37 Å². The number of nitrogens with zero attached hydrogens (tertiary/aromatic N) is 1. The van der Waals surface area contributed by atoms with Crippen LogP contribution in [0.3, 0.4) is 0 Å². The highest BCUT2D eigenvalue weighted by atomic mass is 127. The van der Waals surface area contributed by atoms with E-state index < -0.39 is 0 Å². The second kappa shape index (κ2) is 4.86. The van der Waals surface area contributed by atoms with Crippen molar-refractivity contribution in [1.82, 2.24) is 0 Å². The van der Waals surface area contributed by atoms with Crippen LogP contribution in [0.5, 0.6) is 0 Å². The lowest BCUT2D eigenvalue weighted by molar-refractivity contribution is -0.898. The molecule has 0 saturated carbocycles. The molecule has 1 saturated heterocycles. The molecule has 0 bridgehead atoms. The molecule has 1 atom stereocenters. The second-order valence-electron chi connectivity index (χ2n) is 4.14. The van der Waals surface area contributed by atoms with E-state index in [9.17, 15) is 0 Å². The number of quaternary nitrogens is 1. The maximum atomic E-state index is 2.32. The lowest BCUT2D eigenvalue weighted by atomic mass is 10.2. The van der Waals surface area contributed by atoms with Crippen LogP contribution in [0.4, 0.5) is 0 Å². The number of thioether (sulfide) groups is 1. The summed E-state index contributed by atoms with van der Waals surface area (Å²) in [6, 6.07) is 10.8. The van der Waals surface area contributed by atoms with E-state index in [1.54, 1.807) is 0 Å². The summed E-state index contributed by atoms with van der Waals surface area (Å²) in [5.41, 5.74) is 1.47. The zero-order valence-corrected chi connectivity index (χ0v) is 11.6. The van der Waals surface area contributed by atoms with Crippen LogP contribution < -0.4 is 24.0 Å². The molecule has 0 aliphatic carbocycles. The molecule has 1 aliphatic rings. The number of hydrogen-bond donors (Lipinski definition) is 0. The van der Waals surface area contributed by atoms with Crippen LogP contribution in [0, 0.1) is 0 Å². The predicted molar refractivity (Wildman–Crippen MR) is 58.6 cm³/mol. The molecule has 1 aliphatic heterocycles. The molecule has 0 spiro atoms. The third-order valence-corrected chi connectivity index (χ3v) is 4.24. The molecule has 0 amide bonds. The van der Waals surface area contributed by atoms with Gasteiger partial charge in [-0.15, -0.1) is 0 Å². The molecule has 1 aromatic rings. The number of hydrogen-bond acceptors (Lipinski definition) is 1. The Morgan fingerprint density at radius 2 is 1.86 bits per heavy atom. The lowest BCUT2D eigenvalue weighted by Crippen LogP contribution is -3.00. The van der Waals surface area contributed by atoms with Crippen molar-refractivity contribution in [1.29, 1.82) is 0 Å². The van der Waals surface area contributed by atoms with E-state index in [0.717, 1.165) is 4.48 Å². The van der Waals surface area contributed by atoms with Crippen LogP contribution in [0.1, 0.15) is 10.9 Å². The van der Waals surface area contributed by atoms with Gasteiger partial charge in [-0.05, 0) is 0 Å². The lowest BCUT2D eigenvalue weighted by Gasteiger charge is -2.30. The Bertz CT molecular complexity index is 287. The molecule has 1 unspecified atom stereocenters. The van der Waals surface area contributed by atoms with E-state index in [1.807, 2.05) is 0 Å². The van der Waals surface area contributed by atoms with E-state index >= 15 is 0 Å². The van der Waals surface area contributed by atoms with Crippen molar-refractivity contribution in [2.45, 2.75) is 5.37 Å². The molecule has 1 aromatic carbocycles. The quantitative estimate of drug-likeness (QED) is 0.497. The van der Waals surface area contributed by atoms with Crippen LogP contribution in [0.25, 0.3) is 0 Å². The highest BCUT2D eigenvalue weighted by Crippen LogP contribution is 2.40. The van der Waals surface area contributed by atoms with E-state index in [0.29, 0.717) is 5.37 Å². The van der Waals surface area contributed by atoms with E-state index in [4.69, 9.17) is 0 Å². The summed E-state index contributed by atoms with van der Waals surface area (Å²) in [7, 11) is 4.63. The number of halogens is 1. The maximum Gasteiger partial charge on any atom is 0.161 e. The minimum absolute atomic E-state index is 0. The van der Waals surface area contributed by atoms with Crippen molar-refractivity contribution in [2.24, 2.45) is 0 Å². The summed E-state index contributed by atoms with van der Waals surface area (Å²) < 4.78 is 1.12. The molecule has 3 heteroatoms. The van der Waals surface area contributed by atoms with Crippen molar-refractivity contribution < 1.29 is 28.5 Å². The molecule has 78 valence electrons. The van der Waals surface area contributed by atoms with Gasteiger partial charge in [0, 0.05) is 11.3 Å². The Morgan fingerprint density at radius 3 is 2.36 bits per heavy atom. The van der Waals surface area contributed by atoms with Crippen molar-refractivity contribution in [3.8, 4) is 0 Å². The Balaban J connectivity index is 0.000000980. The first kappa shape index (κ1) is 12.3. The van der Waals surface area contributed by atoms with Crippen LogP contribution in [0.2, 0.25) is 0 Å². The smallest absolute Gasteiger partial charge is 0.161 e. The third-order valence-electron chi connectivity index (χ3n) is 2.66. The van der Waals surface area contributed by atoms with Gasteiger partial charge in [0.1, 0.15) is 0 Å². The summed E-state index contributed by atoms with van der Waals surface area (Å²) in [5.74, 6) is 1.28. The van der Waals surface area contributed by atoms with E-state index in [1.165, 1.54) is 17.9 Å². The Morgan fingerprint density at radius 1 is 1.21 bits per heavy atom. The molecule has 0 N–H and O–H groups in total. The van der Waals surface area contributed by atoms with Crippen molar-refractivity contribution >= 4 is 11.8 Å². The Kier molecular flexibility index (Phi) is 4.28. The van der Waals surface area contributed by atoms with Gasteiger partial charge in [-0.2, -0.15) is 0 Å². The summed E-state index contributed by atoms with van der Waals surface area (Å²) >= 11 is 2.07. The van der Waals surface area contributed by atoms with E-state index in [2.05, 4.69) is 56.2 Å². The third kappa shape index (κ3) is 2.44. The standard InChI is InChI=1S/C11H16NS.HI/c1-12(2)8-9-13-11(12)10-6-4-3-5-7-10;/h3-7,11H,8-9H2,1-2H3;1H/q+1;/p-1. The Labute approximate surface area is 107 Å². The van der Waals surface area contributed by atoms with Crippen molar-refractivity contribution in [3.63, 3.8) is 0 Å². The zero-order chi connectivity index (χ0) is 9.31. The maximum absolute atomic E-state index is 2.32. The highest BCUT2D eigenvalue weighted by molar-refractivity contribution is 7.99. The van der Waals surface area contributed by atoms with Gasteiger partial charge < -0.3 is 28.5 Å².